The summed E-state index contributed by atoms with van der Waals surface area (Å²) in [4.78, 5) is 38.3. The highest BCUT2D eigenvalue weighted by atomic mass is 32.2. The molecular formula is C22H24N2O8S2. The Bertz CT molecular complexity index is 1160. The molecule has 0 aliphatic carbocycles. The van der Waals surface area contributed by atoms with Crippen molar-refractivity contribution >= 4 is 39.4 Å². The number of methoxy groups -OCH3 is 1. The van der Waals surface area contributed by atoms with Gasteiger partial charge in [-0.25, -0.2) is 22.8 Å². The normalized spacial score (nSPS) is 19.6. The number of amides is 1. The predicted molar refractivity (Wildman–Crippen MR) is 121 cm³/mol. The average molecular weight is 509 g/mol. The van der Waals surface area contributed by atoms with Crippen molar-refractivity contribution in [3.8, 4) is 0 Å². The Hall–Kier alpha value is -2.96. The molecule has 4 rings (SSSR count). The Morgan fingerprint density at radius 3 is 2.53 bits per heavy atom. The van der Waals surface area contributed by atoms with Crippen LogP contribution in [-0.2, 0) is 35.6 Å². The highest BCUT2D eigenvalue weighted by molar-refractivity contribution is 7.89. The fourth-order valence-corrected chi connectivity index (χ4v) is 6.86. The molecule has 0 bridgehead atoms. The van der Waals surface area contributed by atoms with E-state index in [0.717, 1.165) is 16.9 Å². The van der Waals surface area contributed by atoms with Crippen LogP contribution in [0.25, 0.3) is 0 Å². The van der Waals surface area contributed by atoms with E-state index in [1.807, 2.05) is 30.3 Å². The predicted octanol–water partition coefficient (Wildman–Crippen LogP) is 2.25. The zero-order valence-corrected chi connectivity index (χ0v) is 20.0. The molecule has 0 radical (unpaired) electrons. The van der Waals surface area contributed by atoms with Gasteiger partial charge in [0.1, 0.15) is 23.0 Å². The maximum Gasteiger partial charge on any atom is 0.410 e. The number of piperidine rings is 1. The largest absolute Gasteiger partial charge is 0.465 e. The van der Waals surface area contributed by atoms with Crippen molar-refractivity contribution in [3.63, 3.8) is 0 Å². The molecule has 0 saturated carbocycles. The molecule has 0 unspecified atom stereocenters. The quantitative estimate of drug-likeness (QED) is 0.413. The molecular weight excluding hydrogens is 484 g/mol. The van der Waals surface area contributed by atoms with Gasteiger partial charge in [0.25, 0.3) is 0 Å². The van der Waals surface area contributed by atoms with Crippen molar-refractivity contribution in [2.24, 2.45) is 0 Å². The number of hydrogen-bond acceptors (Lipinski definition) is 9. The fourth-order valence-electron chi connectivity index (χ4n) is 4.08. The minimum absolute atomic E-state index is 0.0222. The van der Waals surface area contributed by atoms with Gasteiger partial charge in [0, 0.05) is 19.1 Å². The number of cyclic esters (lactones) is 1. The highest BCUT2D eigenvalue weighted by Crippen LogP contribution is 2.30. The number of carbonyl (C=O) groups excluding carboxylic acids is 3. The van der Waals surface area contributed by atoms with Crippen LogP contribution in [0.3, 0.4) is 0 Å². The SMILES string of the molecule is COC(=O)c1sccc1S(=O)(=O)N1CCC(N2C(=O)OC[C@H]2C(=O)OCc2ccccc2)CC1. The van der Waals surface area contributed by atoms with Gasteiger partial charge in [0.15, 0.2) is 6.04 Å². The molecule has 10 nitrogen and oxygen atoms in total. The summed E-state index contributed by atoms with van der Waals surface area (Å²) in [7, 11) is -2.72. The van der Waals surface area contributed by atoms with Gasteiger partial charge in [-0.2, -0.15) is 4.31 Å². The summed E-state index contributed by atoms with van der Waals surface area (Å²) < 4.78 is 42.7. The highest BCUT2D eigenvalue weighted by Gasteiger charge is 2.45. The maximum atomic E-state index is 13.1. The van der Waals surface area contributed by atoms with Crippen LogP contribution >= 0.6 is 11.3 Å². The van der Waals surface area contributed by atoms with Gasteiger partial charge in [0.05, 0.1) is 7.11 Å². The van der Waals surface area contributed by atoms with E-state index in [-0.39, 0.29) is 42.1 Å². The molecule has 3 heterocycles. The van der Waals surface area contributed by atoms with Gasteiger partial charge in [0.2, 0.25) is 10.0 Å². The molecule has 0 spiro atoms. The topological polar surface area (TPSA) is 120 Å². The lowest BCUT2D eigenvalue weighted by Crippen LogP contribution is -2.52. The van der Waals surface area contributed by atoms with E-state index in [0.29, 0.717) is 12.8 Å². The summed E-state index contributed by atoms with van der Waals surface area (Å²) in [6, 6.07) is 9.32. The molecule has 182 valence electrons. The second-order valence-corrected chi connectivity index (χ2v) is 10.7. The molecule has 1 amide bonds. The van der Waals surface area contributed by atoms with Crippen molar-refractivity contribution in [2.75, 3.05) is 26.8 Å². The van der Waals surface area contributed by atoms with E-state index in [9.17, 15) is 22.8 Å². The first-order valence-electron chi connectivity index (χ1n) is 10.6. The smallest absolute Gasteiger partial charge is 0.410 e. The molecule has 2 saturated heterocycles. The standard InChI is InChI=1S/C22H24N2O8S2/c1-30-21(26)19-18(9-12-33-19)34(28,29)23-10-7-16(8-11-23)24-17(14-32-22(24)27)20(25)31-13-15-5-3-2-4-6-15/h2-6,9,12,16-17H,7-8,10-11,13-14H2,1H3/t17-/m0/s1. The van der Waals surface area contributed by atoms with Crippen LogP contribution in [-0.4, -0.2) is 74.5 Å². The molecule has 2 aliphatic heterocycles. The number of sulfonamides is 1. The third-order valence-electron chi connectivity index (χ3n) is 5.84. The summed E-state index contributed by atoms with van der Waals surface area (Å²) in [5.41, 5.74) is 0.825. The van der Waals surface area contributed by atoms with Crippen LogP contribution in [0.5, 0.6) is 0 Å². The molecule has 34 heavy (non-hydrogen) atoms. The fraction of sp³-hybridized carbons (Fsp3) is 0.409. The minimum atomic E-state index is -3.92. The van der Waals surface area contributed by atoms with Crippen molar-refractivity contribution in [1.82, 2.24) is 9.21 Å². The lowest BCUT2D eigenvalue weighted by molar-refractivity contribution is -0.150. The molecule has 1 aromatic carbocycles. The van der Waals surface area contributed by atoms with Gasteiger partial charge < -0.3 is 14.2 Å². The van der Waals surface area contributed by atoms with Crippen LogP contribution in [0.2, 0.25) is 0 Å². The molecule has 2 fully saturated rings. The molecule has 1 aromatic heterocycles. The van der Waals surface area contributed by atoms with Crippen LogP contribution in [0.4, 0.5) is 4.79 Å². The number of carbonyl (C=O) groups is 3. The lowest BCUT2D eigenvalue weighted by atomic mass is 10.0. The first-order chi connectivity index (χ1) is 16.3. The lowest BCUT2D eigenvalue weighted by Gasteiger charge is -2.36. The van der Waals surface area contributed by atoms with E-state index < -0.39 is 34.1 Å². The van der Waals surface area contributed by atoms with E-state index >= 15 is 0 Å². The Balaban J connectivity index is 1.40. The maximum absolute atomic E-state index is 13.1. The summed E-state index contributed by atoms with van der Waals surface area (Å²) >= 11 is 1.000. The minimum Gasteiger partial charge on any atom is -0.465 e. The van der Waals surface area contributed by atoms with Gasteiger partial charge in [-0.1, -0.05) is 30.3 Å². The van der Waals surface area contributed by atoms with Crippen molar-refractivity contribution < 1.29 is 37.0 Å². The third kappa shape index (κ3) is 4.79. The van der Waals surface area contributed by atoms with Gasteiger partial charge in [-0.3, -0.25) is 4.90 Å². The van der Waals surface area contributed by atoms with Gasteiger partial charge >= 0.3 is 18.0 Å². The second-order valence-electron chi connectivity index (χ2n) is 7.83. The monoisotopic (exact) mass is 508 g/mol. The molecule has 12 heteroatoms. The van der Waals surface area contributed by atoms with Crippen molar-refractivity contribution in [3.05, 3.63) is 52.2 Å². The molecule has 1 atom stereocenters. The number of esters is 2. The average Bonchev–Trinajstić information content (AvgIpc) is 3.50. The summed E-state index contributed by atoms with van der Waals surface area (Å²) in [6.07, 6.45) is 0.0111. The first-order valence-corrected chi connectivity index (χ1v) is 13.0. The molecule has 2 aliphatic rings. The third-order valence-corrected chi connectivity index (χ3v) is 8.81. The number of benzene rings is 1. The van der Waals surface area contributed by atoms with E-state index in [1.54, 1.807) is 0 Å². The molecule has 0 N–H and O–H groups in total. The van der Waals surface area contributed by atoms with E-state index in [4.69, 9.17) is 9.47 Å². The van der Waals surface area contributed by atoms with Crippen LogP contribution in [0, 0.1) is 0 Å². The number of hydrogen-bond donors (Lipinski definition) is 0. The summed E-state index contributed by atoms with van der Waals surface area (Å²) in [5, 5.41) is 1.53. The Morgan fingerprint density at radius 2 is 1.85 bits per heavy atom. The van der Waals surface area contributed by atoms with Gasteiger partial charge in [-0.05, 0) is 29.9 Å². The van der Waals surface area contributed by atoms with E-state index in [2.05, 4.69) is 4.74 Å². The Kier molecular flexibility index (Phi) is 7.19. The van der Waals surface area contributed by atoms with Crippen molar-refractivity contribution in [2.45, 2.75) is 36.4 Å². The molecule has 2 aromatic rings. The first kappa shape index (κ1) is 24.2. The zero-order chi connectivity index (χ0) is 24.3. The van der Waals surface area contributed by atoms with E-state index in [1.165, 1.54) is 27.8 Å². The zero-order valence-electron chi connectivity index (χ0n) is 18.4. The van der Waals surface area contributed by atoms with Gasteiger partial charge in [-0.15, -0.1) is 11.3 Å². The number of nitrogens with zero attached hydrogens (tertiary/aromatic N) is 2. The Labute approximate surface area is 201 Å². The van der Waals surface area contributed by atoms with Crippen LogP contribution in [0.1, 0.15) is 28.1 Å². The number of ether oxygens (including phenoxy) is 3. The number of rotatable bonds is 7. The summed E-state index contributed by atoms with van der Waals surface area (Å²) in [6.45, 7) is 0.221. The van der Waals surface area contributed by atoms with Crippen LogP contribution in [0.15, 0.2) is 46.7 Å². The summed E-state index contributed by atoms with van der Waals surface area (Å²) in [5.74, 6) is -1.27. The van der Waals surface area contributed by atoms with Crippen molar-refractivity contribution in [1.29, 1.82) is 0 Å². The second kappa shape index (κ2) is 10.1. The Morgan fingerprint density at radius 1 is 1.15 bits per heavy atom. The number of thiophene rings is 1. The van der Waals surface area contributed by atoms with Crippen LogP contribution < -0.4 is 0 Å².